The second-order valence-electron chi connectivity index (χ2n) is 6.28. The summed E-state index contributed by atoms with van der Waals surface area (Å²) in [5.74, 6) is 0. The molecule has 3 aromatic rings. The first-order valence-corrected chi connectivity index (χ1v) is 8.47. The van der Waals surface area contributed by atoms with E-state index in [1.165, 1.54) is 28.2 Å². The van der Waals surface area contributed by atoms with Crippen molar-refractivity contribution in [2.24, 2.45) is 4.99 Å². The van der Waals surface area contributed by atoms with Gasteiger partial charge in [0.05, 0.1) is 5.69 Å². The van der Waals surface area contributed by atoms with Crippen LogP contribution in [0.25, 0.3) is 5.69 Å². The van der Waals surface area contributed by atoms with E-state index in [4.69, 9.17) is 0 Å². The van der Waals surface area contributed by atoms with Crippen LogP contribution in [-0.4, -0.2) is 10.8 Å². The minimum absolute atomic E-state index is 0.984. The first-order valence-electron chi connectivity index (χ1n) is 8.47. The minimum atomic E-state index is 0.984. The summed E-state index contributed by atoms with van der Waals surface area (Å²) in [5, 5.41) is 0. The van der Waals surface area contributed by atoms with Crippen LogP contribution in [-0.2, 0) is 6.42 Å². The molecular formula is C22H24N2. The van der Waals surface area contributed by atoms with Gasteiger partial charge >= 0.3 is 0 Å². The van der Waals surface area contributed by atoms with Crippen LogP contribution >= 0.6 is 0 Å². The van der Waals surface area contributed by atoms with Gasteiger partial charge in [0, 0.05) is 28.9 Å². The van der Waals surface area contributed by atoms with Crippen molar-refractivity contribution in [2.45, 2.75) is 34.1 Å². The molecule has 0 amide bonds. The Bertz CT molecular complexity index is 850. The molecule has 2 heteroatoms. The quantitative estimate of drug-likeness (QED) is 0.548. The van der Waals surface area contributed by atoms with Crippen LogP contribution in [0.2, 0.25) is 0 Å². The summed E-state index contributed by atoms with van der Waals surface area (Å²) in [6.07, 6.45) is 3.03. The van der Waals surface area contributed by atoms with Crippen molar-refractivity contribution in [1.29, 1.82) is 0 Å². The van der Waals surface area contributed by atoms with E-state index in [-0.39, 0.29) is 0 Å². The summed E-state index contributed by atoms with van der Waals surface area (Å²) in [4.78, 5) is 4.62. The number of benzene rings is 2. The van der Waals surface area contributed by atoms with Crippen molar-refractivity contribution in [1.82, 2.24) is 4.57 Å². The van der Waals surface area contributed by atoms with E-state index in [0.29, 0.717) is 0 Å². The zero-order chi connectivity index (χ0) is 17.1. The highest BCUT2D eigenvalue weighted by atomic mass is 15.0. The summed E-state index contributed by atoms with van der Waals surface area (Å²) in [7, 11) is 0. The number of aliphatic imine (C=N–C) groups is 1. The number of nitrogens with zero attached hydrogens (tertiary/aromatic N) is 2. The lowest BCUT2D eigenvalue weighted by Gasteiger charge is -2.10. The van der Waals surface area contributed by atoms with Crippen LogP contribution in [0.4, 0.5) is 5.69 Å². The maximum Gasteiger partial charge on any atom is 0.0630 e. The van der Waals surface area contributed by atoms with E-state index < -0.39 is 0 Å². The van der Waals surface area contributed by atoms with Gasteiger partial charge in [-0.15, -0.1) is 0 Å². The average molecular weight is 316 g/mol. The van der Waals surface area contributed by atoms with Crippen LogP contribution in [0.3, 0.4) is 0 Å². The fourth-order valence-electron chi connectivity index (χ4n) is 2.97. The fraction of sp³-hybridized carbons (Fsp3) is 0.227. The monoisotopic (exact) mass is 316 g/mol. The zero-order valence-electron chi connectivity index (χ0n) is 14.9. The molecule has 1 aromatic heterocycles. The summed E-state index contributed by atoms with van der Waals surface area (Å²) in [6.45, 7) is 8.56. The van der Waals surface area contributed by atoms with E-state index in [1.807, 2.05) is 6.21 Å². The lowest BCUT2D eigenvalue weighted by atomic mass is 10.1. The first-order chi connectivity index (χ1) is 11.6. The van der Waals surface area contributed by atoms with E-state index in [9.17, 15) is 0 Å². The molecule has 0 fully saturated rings. The van der Waals surface area contributed by atoms with Crippen molar-refractivity contribution in [3.63, 3.8) is 0 Å². The third kappa shape index (κ3) is 3.33. The Kier molecular flexibility index (Phi) is 4.66. The Morgan fingerprint density at radius 3 is 2.21 bits per heavy atom. The number of hydrogen-bond acceptors (Lipinski definition) is 1. The maximum atomic E-state index is 4.62. The van der Waals surface area contributed by atoms with Gasteiger partial charge in [-0.25, -0.2) is 0 Å². The molecule has 2 nitrogen and oxygen atoms in total. The van der Waals surface area contributed by atoms with Gasteiger partial charge in [0.25, 0.3) is 0 Å². The van der Waals surface area contributed by atoms with Gasteiger partial charge in [0.15, 0.2) is 0 Å². The lowest BCUT2D eigenvalue weighted by Crippen LogP contribution is -1.99. The highest BCUT2D eigenvalue weighted by Crippen LogP contribution is 2.21. The van der Waals surface area contributed by atoms with Crippen molar-refractivity contribution >= 4 is 11.9 Å². The fourth-order valence-corrected chi connectivity index (χ4v) is 2.97. The summed E-state index contributed by atoms with van der Waals surface area (Å²) >= 11 is 0. The smallest absolute Gasteiger partial charge is 0.0630 e. The Labute approximate surface area is 144 Å². The van der Waals surface area contributed by atoms with Gasteiger partial charge in [0.2, 0.25) is 0 Å². The van der Waals surface area contributed by atoms with Gasteiger partial charge in [0.1, 0.15) is 0 Å². The van der Waals surface area contributed by atoms with Crippen molar-refractivity contribution in [3.05, 3.63) is 82.7 Å². The highest BCUT2D eigenvalue weighted by Gasteiger charge is 2.09. The standard InChI is InChI=1S/C22H24N2/c1-5-19-8-12-22(13-9-19)24-17(3)14-20(18(24)4)15-23-21-10-6-16(2)7-11-21/h6-15H,5H2,1-4H3. The molecule has 0 N–H and O–H groups in total. The molecule has 0 saturated carbocycles. The molecule has 122 valence electrons. The SMILES string of the molecule is CCc1ccc(-n2c(C)cc(C=Nc3ccc(C)cc3)c2C)cc1. The molecule has 0 bridgehead atoms. The topological polar surface area (TPSA) is 17.3 Å². The van der Waals surface area contributed by atoms with Gasteiger partial charge in [-0.1, -0.05) is 36.8 Å². The molecule has 0 saturated heterocycles. The Morgan fingerprint density at radius 1 is 0.917 bits per heavy atom. The molecule has 24 heavy (non-hydrogen) atoms. The second-order valence-corrected chi connectivity index (χ2v) is 6.28. The molecule has 0 aliphatic heterocycles. The van der Waals surface area contributed by atoms with E-state index in [1.54, 1.807) is 0 Å². The van der Waals surface area contributed by atoms with Crippen molar-refractivity contribution < 1.29 is 0 Å². The highest BCUT2D eigenvalue weighted by molar-refractivity contribution is 5.84. The molecule has 0 unspecified atom stereocenters. The van der Waals surface area contributed by atoms with Crippen LogP contribution < -0.4 is 0 Å². The summed E-state index contributed by atoms with van der Waals surface area (Å²) in [5.41, 5.74) is 8.40. The molecule has 0 radical (unpaired) electrons. The first kappa shape index (κ1) is 16.3. The number of aryl methyl sites for hydroxylation is 3. The second kappa shape index (κ2) is 6.88. The zero-order valence-corrected chi connectivity index (χ0v) is 14.9. The average Bonchev–Trinajstić information content (AvgIpc) is 2.88. The van der Waals surface area contributed by atoms with Gasteiger partial charge in [-0.2, -0.15) is 0 Å². The predicted molar refractivity (Wildman–Crippen MR) is 103 cm³/mol. The van der Waals surface area contributed by atoms with Gasteiger partial charge < -0.3 is 4.57 Å². The number of hydrogen-bond donors (Lipinski definition) is 0. The Hall–Kier alpha value is -2.61. The van der Waals surface area contributed by atoms with Crippen LogP contribution in [0.15, 0.2) is 59.6 Å². The van der Waals surface area contributed by atoms with Crippen LogP contribution in [0.5, 0.6) is 0 Å². The third-order valence-corrected chi connectivity index (χ3v) is 4.46. The van der Waals surface area contributed by atoms with E-state index in [2.05, 4.69) is 91.9 Å². The molecule has 1 heterocycles. The van der Waals surface area contributed by atoms with Gasteiger partial charge in [-0.3, -0.25) is 4.99 Å². The molecule has 0 aliphatic carbocycles. The largest absolute Gasteiger partial charge is 0.318 e. The number of rotatable bonds is 4. The van der Waals surface area contributed by atoms with Gasteiger partial charge in [-0.05, 0) is 63.1 Å². The predicted octanol–water partition coefficient (Wildman–Crippen LogP) is 5.72. The van der Waals surface area contributed by atoms with E-state index in [0.717, 1.165) is 17.7 Å². The van der Waals surface area contributed by atoms with Crippen LogP contribution in [0, 0.1) is 20.8 Å². The van der Waals surface area contributed by atoms with Crippen molar-refractivity contribution in [2.75, 3.05) is 0 Å². The molecular weight excluding hydrogens is 292 g/mol. The third-order valence-electron chi connectivity index (χ3n) is 4.46. The Morgan fingerprint density at radius 2 is 1.58 bits per heavy atom. The molecule has 0 atom stereocenters. The maximum absolute atomic E-state index is 4.62. The molecule has 2 aromatic carbocycles. The van der Waals surface area contributed by atoms with E-state index >= 15 is 0 Å². The normalized spacial score (nSPS) is 11.3. The number of aromatic nitrogens is 1. The molecule has 3 rings (SSSR count). The molecule has 0 aliphatic rings. The summed E-state index contributed by atoms with van der Waals surface area (Å²) in [6, 6.07) is 19.3. The summed E-state index contributed by atoms with van der Waals surface area (Å²) < 4.78 is 2.29. The van der Waals surface area contributed by atoms with Crippen LogP contribution in [0.1, 0.15) is 35.0 Å². The van der Waals surface area contributed by atoms with Crippen molar-refractivity contribution in [3.8, 4) is 5.69 Å². The lowest BCUT2D eigenvalue weighted by molar-refractivity contribution is 0.962. The Balaban J connectivity index is 1.92. The minimum Gasteiger partial charge on any atom is -0.318 e. The molecule has 0 spiro atoms.